The number of carbonyl (C=O) groups excluding carboxylic acids is 1. The molecule has 1 atom stereocenters. The lowest BCUT2D eigenvalue weighted by atomic mass is 10.1. The first-order valence-corrected chi connectivity index (χ1v) is 6.68. The van der Waals surface area contributed by atoms with Crippen LogP contribution in [0.2, 0.25) is 0 Å². The molecule has 0 saturated heterocycles. The number of nitro benzene ring substituents is 1. The molecule has 1 unspecified atom stereocenters. The summed E-state index contributed by atoms with van der Waals surface area (Å²) in [6.07, 6.45) is 0.625. The van der Waals surface area contributed by atoms with Gasteiger partial charge in [0, 0.05) is 18.4 Å². The number of rotatable bonds is 5. The third-order valence-electron chi connectivity index (χ3n) is 2.67. The first-order chi connectivity index (χ1) is 9.23. The highest BCUT2D eigenvalue weighted by molar-refractivity contribution is 9.09. The topological polar surface area (TPSA) is 63.5 Å². The molecule has 1 rings (SSSR count). The van der Waals surface area contributed by atoms with E-state index >= 15 is 0 Å². The van der Waals surface area contributed by atoms with E-state index in [9.17, 15) is 23.7 Å². The van der Waals surface area contributed by atoms with E-state index in [2.05, 4.69) is 15.9 Å². The van der Waals surface area contributed by atoms with Gasteiger partial charge in [0.1, 0.15) is 5.56 Å². The fraction of sp³-hybridized carbons (Fsp3) is 0.417. The molecule has 0 aromatic heterocycles. The van der Waals surface area contributed by atoms with E-state index in [-0.39, 0.29) is 4.83 Å². The van der Waals surface area contributed by atoms with Crippen LogP contribution in [0.5, 0.6) is 0 Å². The quantitative estimate of drug-likeness (QED) is 0.465. The van der Waals surface area contributed by atoms with Gasteiger partial charge in [-0.25, -0.2) is 8.78 Å². The summed E-state index contributed by atoms with van der Waals surface area (Å²) in [6, 6.07) is 0.980. The average Bonchev–Trinajstić information content (AvgIpc) is 2.37. The summed E-state index contributed by atoms with van der Waals surface area (Å²) in [5, 5.41) is 10.8. The minimum Gasteiger partial charge on any atom is -0.341 e. The molecule has 20 heavy (non-hydrogen) atoms. The van der Waals surface area contributed by atoms with Gasteiger partial charge < -0.3 is 4.90 Å². The molecule has 1 aromatic carbocycles. The summed E-state index contributed by atoms with van der Waals surface area (Å²) >= 11 is 3.31. The van der Waals surface area contributed by atoms with Crippen molar-refractivity contribution in [1.82, 2.24) is 4.90 Å². The number of halogens is 3. The summed E-state index contributed by atoms with van der Waals surface area (Å²) in [6.45, 7) is 2.22. The Bertz CT molecular complexity index is 538. The monoisotopic (exact) mass is 350 g/mol. The van der Waals surface area contributed by atoms with Crippen LogP contribution in [0.1, 0.15) is 23.7 Å². The average molecular weight is 351 g/mol. The first-order valence-electron chi connectivity index (χ1n) is 5.77. The van der Waals surface area contributed by atoms with Crippen LogP contribution in [0.25, 0.3) is 0 Å². The third kappa shape index (κ3) is 3.96. The van der Waals surface area contributed by atoms with Crippen LogP contribution in [-0.2, 0) is 0 Å². The first kappa shape index (κ1) is 16.5. The number of nitro groups is 1. The molecule has 0 aliphatic heterocycles. The zero-order valence-electron chi connectivity index (χ0n) is 10.9. The van der Waals surface area contributed by atoms with Crippen molar-refractivity contribution >= 4 is 27.5 Å². The molecule has 0 fully saturated rings. The molecule has 0 N–H and O–H groups in total. The Morgan fingerprint density at radius 2 is 2.00 bits per heavy atom. The maximum absolute atomic E-state index is 13.2. The van der Waals surface area contributed by atoms with Gasteiger partial charge >= 0.3 is 0 Å². The number of carbonyl (C=O) groups is 1. The lowest BCUT2D eigenvalue weighted by molar-refractivity contribution is -0.385. The Morgan fingerprint density at radius 3 is 2.50 bits per heavy atom. The van der Waals surface area contributed by atoms with Crippen molar-refractivity contribution in [1.29, 1.82) is 0 Å². The van der Waals surface area contributed by atoms with Gasteiger partial charge in [-0.05, 0) is 12.5 Å². The van der Waals surface area contributed by atoms with Gasteiger partial charge in [-0.3, -0.25) is 14.9 Å². The summed E-state index contributed by atoms with van der Waals surface area (Å²) in [5.41, 5.74) is -1.20. The van der Waals surface area contributed by atoms with E-state index in [1.165, 1.54) is 11.9 Å². The Kier molecular flexibility index (Phi) is 5.55. The van der Waals surface area contributed by atoms with E-state index < -0.39 is 33.7 Å². The molecule has 0 spiro atoms. The third-order valence-corrected chi connectivity index (χ3v) is 3.13. The predicted octanol–water partition coefficient (Wildman–Crippen LogP) is 3.12. The second-order valence-corrected chi connectivity index (χ2v) is 5.90. The molecule has 0 saturated carbocycles. The second-order valence-electron chi connectivity index (χ2n) is 4.34. The molecule has 1 amide bonds. The number of amides is 1. The predicted molar refractivity (Wildman–Crippen MR) is 73.0 cm³/mol. The van der Waals surface area contributed by atoms with Crippen LogP contribution < -0.4 is 0 Å². The Balaban J connectivity index is 3.08. The summed E-state index contributed by atoms with van der Waals surface area (Å²) in [5.74, 6) is -3.37. The largest absolute Gasteiger partial charge is 0.341 e. The summed E-state index contributed by atoms with van der Waals surface area (Å²) < 4.78 is 26.2. The standard InChI is InChI=1S/C12H13BrF2N2O3/c1-7(13)3-4-16(2)12(18)8-5-9(14)10(15)6-11(8)17(19)20/h5-7H,3-4H2,1-2H3. The van der Waals surface area contributed by atoms with Crippen LogP contribution >= 0.6 is 15.9 Å². The van der Waals surface area contributed by atoms with Crippen LogP contribution in [-0.4, -0.2) is 34.2 Å². The number of benzene rings is 1. The molecule has 0 aliphatic rings. The molecule has 0 aliphatic carbocycles. The number of alkyl halides is 1. The van der Waals surface area contributed by atoms with Crippen molar-refractivity contribution in [3.8, 4) is 0 Å². The molecule has 110 valence electrons. The molecule has 1 aromatic rings. The van der Waals surface area contributed by atoms with E-state index in [1.807, 2.05) is 6.92 Å². The Morgan fingerprint density at radius 1 is 1.45 bits per heavy atom. The Labute approximate surface area is 122 Å². The smallest absolute Gasteiger partial charge is 0.285 e. The molecule has 0 bridgehead atoms. The van der Waals surface area contributed by atoms with Crippen LogP contribution in [0.4, 0.5) is 14.5 Å². The number of nitrogens with zero attached hydrogens (tertiary/aromatic N) is 2. The van der Waals surface area contributed by atoms with Gasteiger partial charge in [0.25, 0.3) is 11.6 Å². The molecular weight excluding hydrogens is 338 g/mol. The SMILES string of the molecule is CC(Br)CCN(C)C(=O)c1cc(F)c(F)cc1[N+](=O)[O-]. The van der Waals surface area contributed by atoms with Gasteiger partial charge in [0.05, 0.1) is 11.0 Å². The lowest BCUT2D eigenvalue weighted by Gasteiger charge is -2.18. The van der Waals surface area contributed by atoms with Gasteiger partial charge in [-0.1, -0.05) is 22.9 Å². The van der Waals surface area contributed by atoms with Crippen molar-refractivity contribution in [3.05, 3.63) is 39.4 Å². The number of hydrogen-bond donors (Lipinski definition) is 0. The van der Waals surface area contributed by atoms with Crippen molar-refractivity contribution < 1.29 is 18.5 Å². The van der Waals surface area contributed by atoms with Crippen molar-refractivity contribution in [2.24, 2.45) is 0 Å². The fourth-order valence-electron chi connectivity index (χ4n) is 1.54. The fourth-order valence-corrected chi connectivity index (χ4v) is 1.74. The molecule has 0 radical (unpaired) electrons. The molecular formula is C12H13BrF2N2O3. The Hall–Kier alpha value is -1.57. The van der Waals surface area contributed by atoms with Gasteiger partial charge in [0.2, 0.25) is 0 Å². The number of hydrogen-bond acceptors (Lipinski definition) is 3. The van der Waals surface area contributed by atoms with Crippen LogP contribution in [0.3, 0.4) is 0 Å². The van der Waals surface area contributed by atoms with E-state index in [1.54, 1.807) is 0 Å². The van der Waals surface area contributed by atoms with Gasteiger partial charge in [0.15, 0.2) is 11.6 Å². The summed E-state index contributed by atoms with van der Waals surface area (Å²) in [7, 11) is 1.45. The second kappa shape index (κ2) is 6.74. The van der Waals surface area contributed by atoms with Gasteiger partial charge in [-0.15, -0.1) is 0 Å². The van der Waals surface area contributed by atoms with Crippen molar-refractivity contribution in [2.75, 3.05) is 13.6 Å². The zero-order chi connectivity index (χ0) is 15.4. The normalized spacial score (nSPS) is 12.1. The maximum atomic E-state index is 13.2. The minimum atomic E-state index is -1.36. The van der Waals surface area contributed by atoms with E-state index in [0.29, 0.717) is 25.1 Å². The highest BCUT2D eigenvalue weighted by atomic mass is 79.9. The van der Waals surface area contributed by atoms with Gasteiger partial charge in [-0.2, -0.15) is 0 Å². The van der Waals surface area contributed by atoms with Crippen LogP contribution in [0, 0.1) is 21.7 Å². The molecule has 8 heteroatoms. The van der Waals surface area contributed by atoms with Crippen LogP contribution in [0.15, 0.2) is 12.1 Å². The summed E-state index contributed by atoms with van der Waals surface area (Å²) in [4.78, 5) is 23.4. The van der Waals surface area contributed by atoms with Crippen molar-refractivity contribution in [3.63, 3.8) is 0 Å². The highest BCUT2D eigenvalue weighted by Gasteiger charge is 2.26. The highest BCUT2D eigenvalue weighted by Crippen LogP contribution is 2.23. The lowest BCUT2D eigenvalue weighted by Crippen LogP contribution is -2.29. The van der Waals surface area contributed by atoms with Crippen molar-refractivity contribution in [2.45, 2.75) is 18.2 Å². The maximum Gasteiger partial charge on any atom is 0.285 e. The molecule has 5 nitrogen and oxygen atoms in total. The minimum absolute atomic E-state index is 0.165. The van der Waals surface area contributed by atoms with E-state index in [4.69, 9.17) is 0 Å². The van der Waals surface area contributed by atoms with E-state index in [0.717, 1.165) is 0 Å². The molecule has 0 heterocycles. The zero-order valence-corrected chi connectivity index (χ0v) is 12.5.